The summed E-state index contributed by atoms with van der Waals surface area (Å²) in [6, 6.07) is 4.65. The normalized spacial score (nSPS) is 13.4. The number of hydrogen-bond acceptors (Lipinski definition) is 3. The highest BCUT2D eigenvalue weighted by Gasteiger charge is 2.17. The minimum absolute atomic E-state index is 0.114. The molecular weight excluding hydrogens is 274 g/mol. The van der Waals surface area contributed by atoms with Crippen LogP contribution in [0, 0.1) is 29.4 Å². The largest absolute Gasteiger partial charge is 0.450 e. The molecule has 0 saturated heterocycles. The zero-order valence-corrected chi connectivity index (χ0v) is 11.1. The third kappa shape index (κ3) is 3.29. The minimum atomic E-state index is -0.802. The van der Waals surface area contributed by atoms with Gasteiger partial charge in [-0.3, -0.25) is 0 Å². The molecule has 0 bridgehead atoms. The van der Waals surface area contributed by atoms with Crippen molar-refractivity contribution in [1.29, 1.82) is 0 Å². The van der Waals surface area contributed by atoms with Gasteiger partial charge in [0.15, 0.2) is 23.1 Å². The van der Waals surface area contributed by atoms with E-state index in [1.54, 1.807) is 12.3 Å². The van der Waals surface area contributed by atoms with Crippen LogP contribution in [0.2, 0.25) is 0 Å². The summed E-state index contributed by atoms with van der Waals surface area (Å²) in [6.07, 6.45) is 3.79. The maximum atomic E-state index is 13.6. The number of halogens is 2. The zero-order chi connectivity index (χ0) is 14.8. The van der Waals surface area contributed by atoms with Crippen LogP contribution in [0.3, 0.4) is 0 Å². The van der Waals surface area contributed by atoms with Crippen LogP contribution in [-0.2, 0) is 0 Å². The van der Waals surface area contributed by atoms with Crippen LogP contribution in [0.25, 0.3) is 0 Å². The predicted molar refractivity (Wildman–Crippen MR) is 74.7 cm³/mol. The van der Waals surface area contributed by atoms with Gasteiger partial charge in [0.2, 0.25) is 0 Å². The Kier molecular flexibility index (Phi) is 3.44. The molecule has 106 valence electrons. The summed E-state index contributed by atoms with van der Waals surface area (Å²) in [5, 5.41) is 0. The van der Waals surface area contributed by atoms with Crippen molar-refractivity contribution in [2.75, 3.05) is 5.73 Å². The number of nitrogens with two attached hydrogens (primary N) is 1. The van der Waals surface area contributed by atoms with Crippen molar-refractivity contribution in [3.8, 4) is 23.3 Å². The summed E-state index contributed by atoms with van der Waals surface area (Å²) in [7, 11) is 0. The van der Waals surface area contributed by atoms with Crippen molar-refractivity contribution in [2.24, 2.45) is 5.92 Å². The highest BCUT2D eigenvalue weighted by atomic mass is 19.1. The fourth-order valence-corrected chi connectivity index (χ4v) is 1.69. The molecule has 1 heterocycles. The number of aromatic nitrogens is 1. The van der Waals surface area contributed by atoms with E-state index in [1.807, 2.05) is 0 Å². The molecule has 0 aliphatic heterocycles. The molecule has 5 heteroatoms. The molecule has 3 nitrogen and oxygen atoms in total. The topological polar surface area (TPSA) is 48.1 Å². The third-order valence-corrected chi connectivity index (χ3v) is 2.99. The number of anilines is 1. The van der Waals surface area contributed by atoms with Crippen LogP contribution >= 0.6 is 0 Å². The summed E-state index contributed by atoms with van der Waals surface area (Å²) in [4.78, 5) is 3.97. The lowest BCUT2D eigenvalue weighted by atomic mass is 10.2. The van der Waals surface area contributed by atoms with Gasteiger partial charge in [-0.1, -0.05) is 11.8 Å². The molecule has 0 atom stereocenters. The zero-order valence-electron chi connectivity index (χ0n) is 11.1. The Balaban J connectivity index is 1.87. The van der Waals surface area contributed by atoms with Crippen molar-refractivity contribution < 1.29 is 13.5 Å². The number of rotatable bonds is 2. The Hall–Kier alpha value is -2.61. The van der Waals surface area contributed by atoms with Gasteiger partial charge in [-0.15, -0.1) is 0 Å². The third-order valence-electron chi connectivity index (χ3n) is 2.99. The summed E-state index contributed by atoms with van der Waals surface area (Å²) in [5.41, 5.74) is 6.35. The SMILES string of the molecule is Nc1ncc(C#CC2CC2)cc1Oc1ccc(F)cc1F. The lowest BCUT2D eigenvalue weighted by Gasteiger charge is -2.08. The van der Waals surface area contributed by atoms with Crippen molar-refractivity contribution in [1.82, 2.24) is 4.98 Å². The quantitative estimate of drug-likeness (QED) is 0.860. The average Bonchev–Trinajstić information content (AvgIpc) is 3.27. The summed E-state index contributed by atoms with van der Waals surface area (Å²) < 4.78 is 31.8. The molecule has 2 aromatic rings. The molecule has 0 unspecified atom stereocenters. The van der Waals surface area contributed by atoms with Crippen molar-refractivity contribution in [3.05, 3.63) is 47.7 Å². The van der Waals surface area contributed by atoms with E-state index in [2.05, 4.69) is 16.8 Å². The van der Waals surface area contributed by atoms with Crippen LogP contribution in [0.15, 0.2) is 30.5 Å². The Morgan fingerprint density at radius 1 is 1.19 bits per heavy atom. The van der Waals surface area contributed by atoms with Gasteiger partial charge < -0.3 is 10.5 Å². The first-order valence-corrected chi connectivity index (χ1v) is 6.52. The molecule has 1 fully saturated rings. The fraction of sp³-hybridized carbons (Fsp3) is 0.188. The number of nitrogens with zero attached hydrogens (tertiary/aromatic N) is 1. The first-order chi connectivity index (χ1) is 10.1. The standard InChI is InChI=1S/C16H12F2N2O/c17-12-5-6-14(13(18)8-12)21-15-7-11(9-20-16(15)19)4-3-10-1-2-10/h5-10H,1-2H2,(H2,19,20). The average molecular weight is 286 g/mol. The molecule has 1 aliphatic rings. The van der Waals surface area contributed by atoms with E-state index in [9.17, 15) is 8.78 Å². The Morgan fingerprint density at radius 3 is 2.71 bits per heavy atom. The van der Waals surface area contributed by atoms with Crippen molar-refractivity contribution in [3.63, 3.8) is 0 Å². The molecular formula is C16H12F2N2O. The van der Waals surface area contributed by atoms with Gasteiger partial charge in [-0.25, -0.2) is 13.8 Å². The van der Waals surface area contributed by atoms with Crippen LogP contribution in [0.4, 0.5) is 14.6 Å². The maximum absolute atomic E-state index is 13.6. The number of hydrogen-bond donors (Lipinski definition) is 1. The number of pyridine rings is 1. The van der Waals surface area contributed by atoms with Gasteiger partial charge in [0.05, 0.1) is 0 Å². The predicted octanol–water partition coefficient (Wildman–Crippen LogP) is 3.50. The van der Waals surface area contributed by atoms with Gasteiger partial charge in [-0.2, -0.15) is 0 Å². The van der Waals surface area contributed by atoms with Gasteiger partial charge in [0, 0.05) is 29.8 Å². The Labute approximate surface area is 120 Å². The Bertz CT molecular complexity index is 746. The van der Waals surface area contributed by atoms with Crippen LogP contribution in [-0.4, -0.2) is 4.98 Å². The van der Waals surface area contributed by atoms with Gasteiger partial charge >= 0.3 is 0 Å². The molecule has 1 aromatic heterocycles. The van der Waals surface area contributed by atoms with E-state index in [1.165, 1.54) is 6.07 Å². The van der Waals surface area contributed by atoms with Gasteiger partial charge in [-0.05, 0) is 25.0 Å². The number of nitrogen functional groups attached to an aromatic ring is 1. The van der Waals surface area contributed by atoms with Crippen LogP contribution in [0.5, 0.6) is 11.5 Å². The second-order valence-corrected chi connectivity index (χ2v) is 4.83. The highest BCUT2D eigenvalue weighted by Crippen LogP contribution is 2.30. The number of benzene rings is 1. The minimum Gasteiger partial charge on any atom is -0.450 e. The molecule has 1 aromatic carbocycles. The molecule has 1 saturated carbocycles. The molecule has 0 radical (unpaired) electrons. The summed E-state index contributed by atoms with van der Waals surface area (Å²) >= 11 is 0. The van der Waals surface area contributed by atoms with E-state index in [0.717, 1.165) is 25.0 Å². The fourth-order valence-electron chi connectivity index (χ4n) is 1.69. The summed E-state index contributed by atoms with van der Waals surface area (Å²) in [6.45, 7) is 0. The monoisotopic (exact) mass is 286 g/mol. The lowest BCUT2D eigenvalue weighted by Crippen LogP contribution is -1.97. The van der Waals surface area contributed by atoms with Gasteiger partial charge in [0.1, 0.15) is 5.82 Å². The van der Waals surface area contributed by atoms with E-state index < -0.39 is 11.6 Å². The second-order valence-electron chi connectivity index (χ2n) is 4.83. The van der Waals surface area contributed by atoms with Crippen molar-refractivity contribution >= 4 is 5.82 Å². The Morgan fingerprint density at radius 2 is 2.00 bits per heavy atom. The van der Waals surface area contributed by atoms with E-state index in [4.69, 9.17) is 10.5 Å². The first-order valence-electron chi connectivity index (χ1n) is 6.52. The second kappa shape index (κ2) is 5.41. The first kappa shape index (κ1) is 13.4. The van der Waals surface area contributed by atoms with Gasteiger partial charge in [0.25, 0.3) is 0 Å². The molecule has 21 heavy (non-hydrogen) atoms. The van der Waals surface area contributed by atoms with E-state index in [-0.39, 0.29) is 17.3 Å². The van der Waals surface area contributed by atoms with Crippen LogP contribution in [0.1, 0.15) is 18.4 Å². The molecule has 0 spiro atoms. The smallest absolute Gasteiger partial charge is 0.170 e. The summed E-state index contributed by atoms with van der Waals surface area (Å²) in [5.74, 6) is 5.27. The molecule has 1 aliphatic carbocycles. The molecule has 3 rings (SSSR count). The lowest BCUT2D eigenvalue weighted by molar-refractivity contribution is 0.438. The molecule has 2 N–H and O–H groups in total. The molecule has 0 amide bonds. The van der Waals surface area contributed by atoms with E-state index in [0.29, 0.717) is 11.5 Å². The van der Waals surface area contributed by atoms with Crippen LogP contribution < -0.4 is 10.5 Å². The highest BCUT2D eigenvalue weighted by molar-refractivity contribution is 5.52. The van der Waals surface area contributed by atoms with E-state index >= 15 is 0 Å². The maximum Gasteiger partial charge on any atom is 0.170 e. The van der Waals surface area contributed by atoms with Crippen molar-refractivity contribution in [2.45, 2.75) is 12.8 Å². The number of ether oxygens (including phenoxy) is 1.